The van der Waals surface area contributed by atoms with Crippen LogP contribution in [0.2, 0.25) is 0 Å². The van der Waals surface area contributed by atoms with Crippen LogP contribution in [0.5, 0.6) is 0 Å². The first-order valence-electron chi connectivity index (χ1n) is 4.19. The molecule has 5 heteroatoms. The van der Waals surface area contributed by atoms with Crippen molar-refractivity contribution in [3.05, 3.63) is 41.8 Å². The first kappa shape index (κ1) is 11.6. The average molecular weight is 216 g/mol. The van der Waals surface area contributed by atoms with Crippen molar-refractivity contribution in [3.8, 4) is 0 Å². The van der Waals surface area contributed by atoms with Crippen LogP contribution in [0.4, 0.5) is 13.2 Å². The lowest BCUT2D eigenvalue weighted by atomic mass is 10.0. The van der Waals surface area contributed by atoms with Gasteiger partial charge in [-0.2, -0.15) is 13.2 Å². The molecule has 0 fully saturated rings. The van der Waals surface area contributed by atoms with Crippen molar-refractivity contribution in [2.45, 2.75) is 12.6 Å². The van der Waals surface area contributed by atoms with Gasteiger partial charge in [-0.05, 0) is 11.6 Å². The molecule has 15 heavy (non-hydrogen) atoms. The van der Waals surface area contributed by atoms with Crippen LogP contribution >= 0.6 is 0 Å². The molecule has 0 aromatic heterocycles. The normalized spacial score (nSPS) is 11.4. The van der Waals surface area contributed by atoms with Gasteiger partial charge >= 0.3 is 6.18 Å². The molecule has 0 aliphatic rings. The topological polar surface area (TPSA) is 43.1 Å². The average Bonchev–Trinajstić information content (AvgIpc) is 2.13. The maximum absolute atomic E-state index is 12.4. The first-order valence-corrected chi connectivity index (χ1v) is 4.19. The van der Waals surface area contributed by atoms with E-state index in [0.717, 1.165) is 6.07 Å². The summed E-state index contributed by atoms with van der Waals surface area (Å²) in [4.78, 5) is 10.4. The lowest BCUT2D eigenvalue weighted by molar-refractivity contribution is -0.138. The molecule has 0 aliphatic carbocycles. The molecule has 0 unspecified atom stereocenters. The molecule has 81 valence electrons. The molecule has 1 amide bonds. The number of primary amides is 1. The Balaban J connectivity index is 2.92. The second-order valence-electron chi connectivity index (χ2n) is 2.96. The van der Waals surface area contributed by atoms with Crippen molar-refractivity contribution in [1.29, 1.82) is 0 Å². The van der Waals surface area contributed by atoms with Crippen molar-refractivity contribution >= 4 is 5.91 Å². The second kappa shape index (κ2) is 4.33. The van der Waals surface area contributed by atoms with E-state index in [4.69, 9.17) is 5.73 Å². The Morgan fingerprint density at radius 2 is 1.93 bits per heavy atom. The lowest BCUT2D eigenvalue weighted by Gasteiger charge is -2.11. The standard InChI is InChI=1S/C10H9F3NO/c11-10(12,13)8-4-2-1-3-7(8)5-6-9(14)15/h1-5H,6H2,(H2,14,15). The largest absolute Gasteiger partial charge is 0.416 e. The van der Waals surface area contributed by atoms with E-state index >= 15 is 0 Å². The van der Waals surface area contributed by atoms with Gasteiger partial charge in [0.2, 0.25) is 5.91 Å². The van der Waals surface area contributed by atoms with E-state index in [2.05, 4.69) is 0 Å². The number of carbonyl (C=O) groups is 1. The van der Waals surface area contributed by atoms with Crippen LogP contribution in [-0.2, 0) is 11.0 Å². The molecular formula is C10H9F3NO. The fourth-order valence-corrected chi connectivity index (χ4v) is 1.14. The van der Waals surface area contributed by atoms with Crippen LogP contribution in [0, 0.1) is 6.42 Å². The van der Waals surface area contributed by atoms with Crippen LogP contribution in [0.15, 0.2) is 24.3 Å². The molecular weight excluding hydrogens is 207 g/mol. The number of halogens is 3. The lowest BCUT2D eigenvalue weighted by Crippen LogP contribution is -2.13. The summed E-state index contributed by atoms with van der Waals surface area (Å²) in [5, 5.41) is 0. The molecule has 2 N–H and O–H groups in total. The third-order valence-electron chi connectivity index (χ3n) is 1.79. The van der Waals surface area contributed by atoms with Gasteiger partial charge in [0.1, 0.15) is 0 Å². The Bertz CT molecular complexity index is 360. The Labute approximate surface area is 84.9 Å². The second-order valence-corrected chi connectivity index (χ2v) is 2.96. The summed E-state index contributed by atoms with van der Waals surface area (Å²) in [6, 6.07) is 5.03. The van der Waals surface area contributed by atoms with Crippen LogP contribution < -0.4 is 5.73 Å². The van der Waals surface area contributed by atoms with E-state index in [1.807, 2.05) is 0 Å². The molecule has 0 saturated heterocycles. The van der Waals surface area contributed by atoms with E-state index in [9.17, 15) is 18.0 Å². The highest BCUT2D eigenvalue weighted by atomic mass is 19.4. The maximum atomic E-state index is 12.4. The Kier molecular flexibility index (Phi) is 3.34. The molecule has 1 radical (unpaired) electrons. The summed E-state index contributed by atoms with van der Waals surface area (Å²) in [7, 11) is 0. The predicted octanol–water partition coefficient (Wildman–Crippen LogP) is 2.13. The van der Waals surface area contributed by atoms with Crippen LogP contribution in [0.1, 0.15) is 17.5 Å². The van der Waals surface area contributed by atoms with Gasteiger partial charge in [0.25, 0.3) is 0 Å². The summed E-state index contributed by atoms with van der Waals surface area (Å²) in [6.07, 6.45) is -3.44. The van der Waals surface area contributed by atoms with Crippen molar-refractivity contribution in [3.63, 3.8) is 0 Å². The molecule has 0 atom stereocenters. The minimum absolute atomic E-state index is 0.0243. The van der Waals surface area contributed by atoms with Gasteiger partial charge in [-0.1, -0.05) is 18.2 Å². The smallest absolute Gasteiger partial charge is 0.370 e. The number of hydrogen-bond acceptors (Lipinski definition) is 1. The number of carbonyl (C=O) groups excluding carboxylic acids is 1. The fourth-order valence-electron chi connectivity index (χ4n) is 1.14. The first-order chi connectivity index (χ1) is 6.91. The Morgan fingerprint density at radius 3 is 2.47 bits per heavy atom. The van der Waals surface area contributed by atoms with Gasteiger partial charge in [-0.15, -0.1) is 0 Å². The van der Waals surface area contributed by atoms with Gasteiger partial charge in [-0.3, -0.25) is 4.79 Å². The summed E-state index contributed by atoms with van der Waals surface area (Å²) in [5.74, 6) is -0.660. The van der Waals surface area contributed by atoms with Gasteiger partial charge in [0.05, 0.1) is 5.56 Å². The number of benzene rings is 1. The van der Waals surface area contributed by atoms with Crippen molar-refractivity contribution in [1.82, 2.24) is 0 Å². The van der Waals surface area contributed by atoms with E-state index in [0.29, 0.717) is 0 Å². The van der Waals surface area contributed by atoms with Gasteiger partial charge in [-0.25, -0.2) is 0 Å². The monoisotopic (exact) mass is 216 g/mol. The molecule has 2 nitrogen and oxygen atoms in total. The minimum Gasteiger partial charge on any atom is -0.370 e. The molecule has 0 saturated carbocycles. The van der Waals surface area contributed by atoms with Crippen molar-refractivity contribution in [2.75, 3.05) is 0 Å². The highest BCUT2D eigenvalue weighted by Crippen LogP contribution is 2.32. The molecule has 0 heterocycles. The summed E-state index contributed by atoms with van der Waals surface area (Å²) in [6.45, 7) is 0. The number of alkyl halides is 3. The minimum atomic E-state index is -4.41. The third-order valence-corrected chi connectivity index (χ3v) is 1.79. The van der Waals surface area contributed by atoms with Crippen LogP contribution in [0.25, 0.3) is 0 Å². The number of nitrogens with two attached hydrogens (primary N) is 1. The summed E-state index contributed by atoms with van der Waals surface area (Å²) in [5.41, 5.74) is 4.07. The molecule has 1 aromatic carbocycles. The zero-order valence-electron chi connectivity index (χ0n) is 7.71. The highest BCUT2D eigenvalue weighted by Gasteiger charge is 2.32. The SMILES string of the molecule is NC(=O)C[CH]c1ccccc1C(F)(F)F. The van der Waals surface area contributed by atoms with Crippen LogP contribution in [-0.4, -0.2) is 5.91 Å². The van der Waals surface area contributed by atoms with E-state index < -0.39 is 17.6 Å². The van der Waals surface area contributed by atoms with E-state index in [1.165, 1.54) is 24.6 Å². The maximum Gasteiger partial charge on any atom is 0.416 e. The Morgan fingerprint density at radius 1 is 1.33 bits per heavy atom. The van der Waals surface area contributed by atoms with Crippen LogP contribution in [0.3, 0.4) is 0 Å². The zero-order valence-corrected chi connectivity index (χ0v) is 7.71. The molecule has 1 rings (SSSR count). The third kappa shape index (κ3) is 3.27. The van der Waals surface area contributed by atoms with E-state index in [-0.39, 0.29) is 12.0 Å². The van der Waals surface area contributed by atoms with Crippen molar-refractivity contribution in [2.24, 2.45) is 5.73 Å². The fraction of sp³-hybridized carbons (Fsp3) is 0.200. The number of rotatable bonds is 3. The predicted molar refractivity (Wildman–Crippen MR) is 48.7 cm³/mol. The molecule has 0 spiro atoms. The van der Waals surface area contributed by atoms with Gasteiger partial charge in [0.15, 0.2) is 0 Å². The highest BCUT2D eigenvalue weighted by molar-refractivity contribution is 5.75. The number of amides is 1. The van der Waals surface area contributed by atoms with Gasteiger partial charge in [0, 0.05) is 12.8 Å². The molecule has 1 aromatic rings. The summed E-state index contributed by atoms with van der Waals surface area (Å²) < 4.78 is 37.3. The molecule has 0 aliphatic heterocycles. The quantitative estimate of drug-likeness (QED) is 0.826. The number of hydrogen-bond donors (Lipinski definition) is 1. The zero-order chi connectivity index (χ0) is 11.5. The van der Waals surface area contributed by atoms with Crippen molar-refractivity contribution < 1.29 is 18.0 Å². The van der Waals surface area contributed by atoms with Gasteiger partial charge < -0.3 is 5.73 Å². The Hall–Kier alpha value is -1.52. The molecule has 0 bridgehead atoms. The summed E-state index contributed by atoms with van der Waals surface area (Å²) >= 11 is 0. The van der Waals surface area contributed by atoms with E-state index in [1.54, 1.807) is 0 Å².